The Balaban J connectivity index is 1.87. The summed E-state index contributed by atoms with van der Waals surface area (Å²) >= 11 is 1.68. The van der Waals surface area contributed by atoms with E-state index in [0.29, 0.717) is 6.61 Å². The molecular formula is C13H10N2OS. The number of nitrogens with zero attached hydrogens (tertiary/aromatic N) is 2. The molecule has 0 radical (unpaired) electrons. The number of benzene rings is 1. The Labute approximate surface area is 103 Å². The molecule has 4 rings (SSSR count). The van der Waals surface area contributed by atoms with Gasteiger partial charge in [0.15, 0.2) is 5.17 Å². The third kappa shape index (κ3) is 1.34. The summed E-state index contributed by atoms with van der Waals surface area (Å²) in [5.74, 6) is 0.944. The maximum atomic E-state index is 5.76. The maximum Gasteiger partial charge on any atom is 0.173 e. The first-order chi connectivity index (χ1) is 8.42. The van der Waals surface area contributed by atoms with Crippen molar-refractivity contribution in [3.63, 3.8) is 0 Å². The van der Waals surface area contributed by atoms with Crippen LogP contribution in [0.4, 0.5) is 0 Å². The van der Waals surface area contributed by atoms with Crippen molar-refractivity contribution < 1.29 is 4.74 Å². The number of amidine groups is 1. The van der Waals surface area contributed by atoms with Crippen LogP contribution in [-0.4, -0.2) is 23.2 Å². The van der Waals surface area contributed by atoms with Crippen LogP contribution in [0.15, 0.2) is 46.4 Å². The SMILES string of the molecule is C1=CN2CC3=C(N=C2S1)c1ccccc1OC3. The van der Waals surface area contributed by atoms with Crippen molar-refractivity contribution in [3.8, 4) is 5.75 Å². The number of ether oxygens (including phenoxy) is 1. The Hall–Kier alpha value is -1.68. The first kappa shape index (κ1) is 9.36. The fraction of sp³-hybridized carbons (Fsp3) is 0.154. The van der Waals surface area contributed by atoms with Crippen LogP contribution >= 0.6 is 11.8 Å². The van der Waals surface area contributed by atoms with Crippen molar-refractivity contribution in [2.45, 2.75) is 0 Å². The zero-order valence-electron chi connectivity index (χ0n) is 9.09. The summed E-state index contributed by atoms with van der Waals surface area (Å²) in [5, 5.41) is 3.14. The first-order valence-electron chi connectivity index (χ1n) is 5.55. The molecule has 0 unspecified atom stereocenters. The summed E-state index contributed by atoms with van der Waals surface area (Å²) in [6, 6.07) is 8.12. The predicted octanol–water partition coefficient (Wildman–Crippen LogP) is 2.68. The van der Waals surface area contributed by atoms with Crippen LogP contribution in [-0.2, 0) is 0 Å². The van der Waals surface area contributed by atoms with E-state index in [0.717, 1.165) is 28.7 Å². The van der Waals surface area contributed by atoms with Crippen LogP contribution < -0.4 is 4.74 Å². The zero-order valence-corrected chi connectivity index (χ0v) is 9.91. The molecule has 3 heterocycles. The van der Waals surface area contributed by atoms with Gasteiger partial charge in [-0.05, 0) is 17.5 Å². The van der Waals surface area contributed by atoms with Gasteiger partial charge in [-0.1, -0.05) is 23.9 Å². The molecular weight excluding hydrogens is 232 g/mol. The van der Waals surface area contributed by atoms with Gasteiger partial charge in [0.1, 0.15) is 12.4 Å². The molecule has 0 aliphatic carbocycles. The van der Waals surface area contributed by atoms with E-state index in [1.807, 2.05) is 18.2 Å². The highest BCUT2D eigenvalue weighted by Gasteiger charge is 2.28. The average Bonchev–Trinajstić information content (AvgIpc) is 2.83. The molecule has 4 heteroatoms. The predicted molar refractivity (Wildman–Crippen MR) is 69.7 cm³/mol. The molecule has 0 saturated carbocycles. The van der Waals surface area contributed by atoms with Crippen LogP contribution in [0.3, 0.4) is 0 Å². The Morgan fingerprint density at radius 3 is 3.24 bits per heavy atom. The monoisotopic (exact) mass is 242 g/mol. The highest BCUT2D eigenvalue weighted by molar-refractivity contribution is 8.16. The van der Waals surface area contributed by atoms with Gasteiger partial charge in [0.2, 0.25) is 0 Å². The quantitative estimate of drug-likeness (QED) is 0.699. The number of hydrogen-bond acceptors (Lipinski definition) is 4. The Bertz CT molecular complexity index is 589. The number of aliphatic imine (C=N–C) groups is 1. The summed E-state index contributed by atoms with van der Waals surface area (Å²) in [6.45, 7) is 1.55. The van der Waals surface area contributed by atoms with Gasteiger partial charge < -0.3 is 9.64 Å². The van der Waals surface area contributed by atoms with Crippen molar-refractivity contribution in [1.82, 2.24) is 4.90 Å². The highest BCUT2D eigenvalue weighted by atomic mass is 32.2. The average molecular weight is 242 g/mol. The van der Waals surface area contributed by atoms with E-state index in [2.05, 4.69) is 22.6 Å². The lowest BCUT2D eigenvalue weighted by atomic mass is 10.0. The second-order valence-electron chi connectivity index (χ2n) is 4.16. The molecule has 0 fully saturated rings. The van der Waals surface area contributed by atoms with Crippen LogP contribution in [0.25, 0.3) is 5.70 Å². The first-order valence-corrected chi connectivity index (χ1v) is 6.43. The third-order valence-corrected chi connectivity index (χ3v) is 3.90. The standard InChI is InChI=1S/C13H10N2OS/c1-2-4-11-10(3-1)12-9(8-16-11)7-15-5-6-17-13(15)14-12/h1-6H,7-8H2. The van der Waals surface area contributed by atoms with Crippen molar-refractivity contribution >= 4 is 22.6 Å². The number of rotatable bonds is 0. The van der Waals surface area contributed by atoms with Gasteiger partial charge >= 0.3 is 0 Å². The lowest BCUT2D eigenvalue weighted by molar-refractivity contribution is 0.335. The zero-order chi connectivity index (χ0) is 11.2. The minimum atomic E-state index is 0.651. The second kappa shape index (κ2) is 3.40. The number of thioether (sulfide) groups is 1. The van der Waals surface area contributed by atoms with Crippen LogP contribution in [0.5, 0.6) is 5.75 Å². The van der Waals surface area contributed by atoms with E-state index in [4.69, 9.17) is 9.73 Å². The van der Waals surface area contributed by atoms with E-state index in [1.54, 1.807) is 11.8 Å². The van der Waals surface area contributed by atoms with Gasteiger partial charge in [0, 0.05) is 17.3 Å². The molecule has 0 aromatic heterocycles. The van der Waals surface area contributed by atoms with Crippen LogP contribution in [0.2, 0.25) is 0 Å². The third-order valence-electron chi connectivity index (χ3n) is 3.11. The summed E-state index contributed by atoms with van der Waals surface area (Å²) in [7, 11) is 0. The van der Waals surface area contributed by atoms with E-state index in [-0.39, 0.29) is 0 Å². The van der Waals surface area contributed by atoms with Gasteiger partial charge in [-0.3, -0.25) is 0 Å². The number of hydrogen-bond donors (Lipinski definition) is 0. The molecule has 0 amide bonds. The molecule has 0 atom stereocenters. The largest absolute Gasteiger partial charge is 0.488 e. The lowest BCUT2D eigenvalue weighted by Gasteiger charge is -2.29. The van der Waals surface area contributed by atoms with Gasteiger partial charge in [-0.2, -0.15) is 0 Å². The molecule has 3 aliphatic rings. The van der Waals surface area contributed by atoms with Crippen molar-refractivity contribution in [2.24, 2.45) is 4.99 Å². The Morgan fingerprint density at radius 2 is 2.24 bits per heavy atom. The van der Waals surface area contributed by atoms with Gasteiger partial charge in [0.05, 0.1) is 12.2 Å². The van der Waals surface area contributed by atoms with E-state index in [9.17, 15) is 0 Å². The molecule has 1 aromatic carbocycles. The summed E-state index contributed by atoms with van der Waals surface area (Å²) in [4.78, 5) is 6.92. The van der Waals surface area contributed by atoms with Crippen LogP contribution in [0.1, 0.15) is 5.56 Å². The summed E-state index contributed by atoms with van der Waals surface area (Å²) < 4.78 is 5.76. The lowest BCUT2D eigenvalue weighted by Crippen LogP contribution is -2.30. The maximum absolute atomic E-state index is 5.76. The molecule has 84 valence electrons. The normalized spacial score (nSPS) is 20.5. The van der Waals surface area contributed by atoms with Crippen LogP contribution in [0, 0.1) is 0 Å². The number of para-hydroxylation sites is 1. The minimum absolute atomic E-state index is 0.651. The molecule has 17 heavy (non-hydrogen) atoms. The Kier molecular flexibility index (Phi) is 1.87. The van der Waals surface area contributed by atoms with Crippen molar-refractivity contribution in [2.75, 3.05) is 13.2 Å². The fourth-order valence-corrected chi connectivity index (χ4v) is 3.01. The smallest absolute Gasteiger partial charge is 0.173 e. The summed E-state index contributed by atoms with van der Waals surface area (Å²) in [5.41, 5.74) is 3.49. The molecule has 0 saturated heterocycles. The summed E-state index contributed by atoms with van der Waals surface area (Å²) in [6.07, 6.45) is 2.08. The minimum Gasteiger partial charge on any atom is -0.488 e. The molecule has 0 spiro atoms. The topological polar surface area (TPSA) is 24.8 Å². The highest BCUT2D eigenvalue weighted by Crippen LogP contribution is 2.38. The fourth-order valence-electron chi connectivity index (χ4n) is 2.28. The second-order valence-corrected chi connectivity index (χ2v) is 5.04. The molecule has 3 nitrogen and oxygen atoms in total. The van der Waals surface area contributed by atoms with Crippen molar-refractivity contribution in [1.29, 1.82) is 0 Å². The Morgan fingerprint density at radius 1 is 1.29 bits per heavy atom. The van der Waals surface area contributed by atoms with E-state index < -0.39 is 0 Å². The molecule has 0 N–H and O–H groups in total. The van der Waals surface area contributed by atoms with E-state index >= 15 is 0 Å². The molecule has 3 aliphatic heterocycles. The van der Waals surface area contributed by atoms with Gasteiger partial charge in [-0.15, -0.1) is 0 Å². The van der Waals surface area contributed by atoms with Gasteiger partial charge in [0.25, 0.3) is 0 Å². The van der Waals surface area contributed by atoms with E-state index in [1.165, 1.54) is 5.57 Å². The molecule has 0 bridgehead atoms. The van der Waals surface area contributed by atoms with Crippen molar-refractivity contribution in [3.05, 3.63) is 47.0 Å². The molecule has 1 aromatic rings. The van der Waals surface area contributed by atoms with Gasteiger partial charge in [-0.25, -0.2) is 4.99 Å². The number of fused-ring (bicyclic) bond motifs is 3.